The smallest absolute Gasteiger partial charge is 0.236 e. The molecule has 2 atom stereocenters. The van der Waals surface area contributed by atoms with Gasteiger partial charge in [-0.25, -0.2) is 0 Å². The quantitative estimate of drug-likeness (QED) is 0.801. The van der Waals surface area contributed by atoms with Gasteiger partial charge in [-0.2, -0.15) is 0 Å². The second-order valence-corrected chi connectivity index (χ2v) is 5.95. The molecule has 2 aliphatic rings. The number of carbonyl (C=O) groups excluding carboxylic acids is 1. The van der Waals surface area contributed by atoms with Crippen molar-refractivity contribution in [2.24, 2.45) is 0 Å². The predicted molar refractivity (Wildman–Crippen MR) is 75.1 cm³/mol. The lowest BCUT2D eigenvalue weighted by Gasteiger charge is -2.37. The molecule has 0 bridgehead atoms. The van der Waals surface area contributed by atoms with Gasteiger partial charge in [-0.3, -0.25) is 9.69 Å². The average molecular weight is 269 g/mol. The molecule has 19 heavy (non-hydrogen) atoms. The molecule has 0 radical (unpaired) electrons. The summed E-state index contributed by atoms with van der Waals surface area (Å²) in [6, 6.07) is 0.543. The Morgan fingerprint density at radius 2 is 1.84 bits per heavy atom. The number of morpholine rings is 1. The Bertz CT molecular complexity index is 295. The van der Waals surface area contributed by atoms with E-state index in [0.29, 0.717) is 12.6 Å². The van der Waals surface area contributed by atoms with E-state index in [2.05, 4.69) is 17.3 Å². The number of hydrogen-bond acceptors (Lipinski definition) is 4. The minimum atomic E-state index is 0.150. The number of ether oxygens (including phenoxy) is 1. The number of rotatable bonds is 3. The highest BCUT2D eigenvalue weighted by Gasteiger charge is 2.27. The van der Waals surface area contributed by atoms with E-state index in [1.807, 2.05) is 18.7 Å². The molecule has 5 heteroatoms. The second kappa shape index (κ2) is 6.68. The molecule has 0 aliphatic carbocycles. The molecule has 0 saturated carbocycles. The van der Waals surface area contributed by atoms with E-state index in [1.165, 1.54) is 0 Å². The Balaban J connectivity index is 1.82. The first-order valence-electron chi connectivity index (χ1n) is 7.40. The molecule has 0 aromatic heterocycles. The number of nitrogens with zero attached hydrogens (tertiary/aromatic N) is 2. The van der Waals surface area contributed by atoms with Gasteiger partial charge in [-0.05, 0) is 46.8 Å². The van der Waals surface area contributed by atoms with E-state index in [1.54, 1.807) is 0 Å². The van der Waals surface area contributed by atoms with E-state index in [0.717, 1.165) is 39.0 Å². The Morgan fingerprint density at radius 1 is 1.26 bits per heavy atom. The molecule has 2 aliphatic heterocycles. The highest BCUT2D eigenvalue weighted by Crippen LogP contribution is 2.13. The first-order chi connectivity index (χ1) is 9.06. The zero-order chi connectivity index (χ0) is 13.8. The molecule has 0 spiro atoms. The fraction of sp³-hybridized carbons (Fsp3) is 0.929. The lowest BCUT2D eigenvalue weighted by Crippen LogP contribution is -2.52. The topological polar surface area (TPSA) is 44.8 Å². The Kier molecular flexibility index (Phi) is 5.19. The van der Waals surface area contributed by atoms with Crippen molar-refractivity contribution in [3.8, 4) is 0 Å². The zero-order valence-electron chi connectivity index (χ0n) is 12.4. The molecule has 0 aromatic rings. The zero-order valence-corrected chi connectivity index (χ0v) is 12.4. The van der Waals surface area contributed by atoms with Crippen LogP contribution in [0.15, 0.2) is 0 Å². The van der Waals surface area contributed by atoms with Gasteiger partial charge in [0, 0.05) is 19.1 Å². The van der Waals surface area contributed by atoms with Crippen molar-refractivity contribution in [2.45, 2.75) is 44.9 Å². The van der Waals surface area contributed by atoms with Crippen LogP contribution in [0.5, 0.6) is 0 Å². The van der Waals surface area contributed by atoms with Crippen LogP contribution < -0.4 is 5.32 Å². The molecule has 1 amide bonds. The third-order valence-corrected chi connectivity index (χ3v) is 4.09. The average Bonchev–Trinajstić information content (AvgIpc) is 2.38. The summed E-state index contributed by atoms with van der Waals surface area (Å²) in [4.78, 5) is 16.5. The number of nitrogens with one attached hydrogen (secondary N) is 1. The summed E-state index contributed by atoms with van der Waals surface area (Å²) in [5.41, 5.74) is 0. The summed E-state index contributed by atoms with van der Waals surface area (Å²) in [6.07, 6.45) is 2.58. The van der Waals surface area contributed by atoms with Crippen molar-refractivity contribution >= 4 is 5.91 Å². The number of piperidine rings is 1. The monoisotopic (exact) mass is 269 g/mol. The van der Waals surface area contributed by atoms with E-state index in [-0.39, 0.29) is 18.1 Å². The van der Waals surface area contributed by atoms with E-state index < -0.39 is 0 Å². The lowest BCUT2D eigenvalue weighted by molar-refractivity contribution is -0.144. The molecule has 0 aromatic carbocycles. The van der Waals surface area contributed by atoms with E-state index >= 15 is 0 Å². The number of hydrogen-bond donors (Lipinski definition) is 1. The van der Waals surface area contributed by atoms with E-state index in [4.69, 9.17) is 4.74 Å². The van der Waals surface area contributed by atoms with Crippen molar-refractivity contribution in [1.29, 1.82) is 0 Å². The Hall–Kier alpha value is -0.650. The molecule has 2 fully saturated rings. The molecule has 2 heterocycles. The standard InChI is InChI=1S/C14H27N3O2/c1-11-8-17(9-12(2)19-11)14(18)10-16(3)13-4-6-15-7-5-13/h11-13,15H,4-10H2,1-3H3. The van der Waals surface area contributed by atoms with Crippen LogP contribution in [0.2, 0.25) is 0 Å². The first kappa shape index (κ1) is 14.8. The van der Waals surface area contributed by atoms with Gasteiger partial charge in [0.05, 0.1) is 18.8 Å². The van der Waals surface area contributed by atoms with Crippen LogP contribution in [0.1, 0.15) is 26.7 Å². The second-order valence-electron chi connectivity index (χ2n) is 5.95. The van der Waals surface area contributed by atoms with Crippen molar-refractivity contribution in [3.63, 3.8) is 0 Å². The van der Waals surface area contributed by atoms with Crippen molar-refractivity contribution in [2.75, 3.05) is 39.8 Å². The largest absolute Gasteiger partial charge is 0.372 e. The van der Waals surface area contributed by atoms with Gasteiger partial charge in [0.15, 0.2) is 0 Å². The normalized spacial score (nSPS) is 29.8. The predicted octanol–water partition coefficient (Wildman–Crippen LogP) is 0.306. The number of likely N-dealkylation sites (N-methyl/N-ethyl adjacent to an activating group) is 1. The summed E-state index contributed by atoms with van der Waals surface area (Å²) in [5, 5.41) is 3.36. The molecule has 2 rings (SSSR count). The first-order valence-corrected chi connectivity index (χ1v) is 7.40. The molecule has 2 unspecified atom stereocenters. The molecular formula is C14H27N3O2. The van der Waals surface area contributed by atoms with Crippen LogP contribution in [-0.4, -0.2) is 73.7 Å². The van der Waals surface area contributed by atoms with Gasteiger partial charge in [-0.1, -0.05) is 0 Å². The minimum absolute atomic E-state index is 0.150. The minimum Gasteiger partial charge on any atom is -0.372 e. The van der Waals surface area contributed by atoms with Gasteiger partial charge in [0.1, 0.15) is 0 Å². The Morgan fingerprint density at radius 3 is 2.42 bits per heavy atom. The summed E-state index contributed by atoms with van der Waals surface area (Å²) < 4.78 is 5.67. The van der Waals surface area contributed by atoms with Crippen LogP contribution in [0.25, 0.3) is 0 Å². The fourth-order valence-electron chi connectivity index (χ4n) is 3.07. The van der Waals surface area contributed by atoms with Crippen molar-refractivity contribution in [1.82, 2.24) is 15.1 Å². The maximum Gasteiger partial charge on any atom is 0.236 e. The summed E-state index contributed by atoms with van der Waals surface area (Å²) in [7, 11) is 2.07. The molecule has 110 valence electrons. The Labute approximate surface area is 116 Å². The van der Waals surface area contributed by atoms with Crippen LogP contribution in [0, 0.1) is 0 Å². The molecule has 1 N–H and O–H groups in total. The van der Waals surface area contributed by atoms with Gasteiger partial charge >= 0.3 is 0 Å². The van der Waals surface area contributed by atoms with Crippen LogP contribution >= 0.6 is 0 Å². The maximum atomic E-state index is 12.4. The lowest BCUT2D eigenvalue weighted by atomic mass is 10.1. The highest BCUT2D eigenvalue weighted by atomic mass is 16.5. The summed E-state index contributed by atoms with van der Waals surface area (Å²) in [6.45, 7) is 8.18. The van der Waals surface area contributed by atoms with Gasteiger partial charge in [-0.15, -0.1) is 0 Å². The molecular weight excluding hydrogens is 242 g/mol. The fourth-order valence-corrected chi connectivity index (χ4v) is 3.07. The van der Waals surface area contributed by atoms with Gasteiger partial charge in [0.25, 0.3) is 0 Å². The third-order valence-electron chi connectivity index (χ3n) is 4.09. The third kappa shape index (κ3) is 4.16. The summed E-state index contributed by atoms with van der Waals surface area (Å²) in [5.74, 6) is 0.239. The van der Waals surface area contributed by atoms with Crippen molar-refractivity contribution < 1.29 is 9.53 Å². The molecule has 2 saturated heterocycles. The van der Waals surface area contributed by atoms with Crippen LogP contribution in [0.3, 0.4) is 0 Å². The van der Waals surface area contributed by atoms with Gasteiger partial charge in [0.2, 0.25) is 5.91 Å². The SMILES string of the molecule is CC1CN(C(=O)CN(C)C2CCNCC2)CC(C)O1. The molecule has 5 nitrogen and oxygen atoms in total. The summed E-state index contributed by atoms with van der Waals surface area (Å²) >= 11 is 0. The number of carbonyl (C=O) groups is 1. The van der Waals surface area contributed by atoms with Crippen LogP contribution in [-0.2, 0) is 9.53 Å². The highest BCUT2D eigenvalue weighted by molar-refractivity contribution is 5.78. The van der Waals surface area contributed by atoms with Crippen molar-refractivity contribution in [3.05, 3.63) is 0 Å². The van der Waals surface area contributed by atoms with Gasteiger partial charge < -0.3 is 15.0 Å². The van der Waals surface area contributed by atoms with Crippen LogP contribution in [0.4, 0.5) is 0 Å². The number of amides is 1. The maximum absolute atomic E-state index is 12.4. The van der Waals surface area contributed by atoms with E-state index in [9.17, 15) is 4.79 Å².